The Balaban J connectivity index is 1.50. The van der Waals surface area contributed by atoms with Gasteiger partial charge >= 0.3 is 6.85 Å². The van der Waals surface area contributed by atoms with Gasteiger partial charge in [-0.15, -0.1) is 0 Å². The van der Waals surface area contributed by atoms with E-state index in [-0.39, 0.29) is 28.5 Å². The van der Waals surface area contributed by atoms with Crippen molar-refractivity contribution in [2.75, 3.05) is 4.90 Å². The third-order valence-corrected chi connectivity index (χ3v) is 13.0. The van der Waals surface area contributed by atoms with Crippen molar-refractivity contribution in [3.05, 3.63) is 137 Å². The zero-order valence-corrected chi connectivity index (χ0v) is 36.7. The minimum Gasteiger partial charge on any atom is -0.375 e. The standard InChI is InChI=1S/C54H56BN3/c1-32-40(34-16-14-15-33(25-34)31-56)30-47-49-48(32)43-28-38(54(11,12)13)27-42-41-26-36(52(5,6)7)19-23-45(41)58(50(42)43)55(49)44-29-37(53(8,9)10)20-24-46(44)57(47)39-21-17-35(18-22-39)51(2,3)4/h14-30H,1-13H3. The van der Waals surface area contributed by atoms with E-state index in [0.717, 1.165) is 16.8 Å². The van der Waals surface area contributed by atoms with Crippen LogP contribution in [0.1, 0.15) is 116 Å². The summed E-state index contributed by atoms with van der Waals surface area (Å²) in [5.41, 5.74) is 20.8. The molecule has 0 saturated carbocycles. The molecule has 0 bridgehead atoms. The Kier molecular flexibility index (Phi) is 8.19. The second-order valence-corrected chi connectivity index (χ2v) is 21.1. The van der Waals surface area contributed by atoms with Crippen LogP contribution < -0.4 is 15.8 Å². The van der Waals surface area contributed by atoms with Gasteiger partial charge in [0.1, 0.15) is 0 Å². The summed E-state index contributed by atoms with van der Waals surface area (Å²) in [4.78, 5) is 2.53. The molecule has 0 radical (unpaired) electrons. The van der Waals surface area contributed by atoms with Gasteiger partial charge in [0.05, 0.1) is 11.6 Å². The highest BCUT2D eigenvalue weighted by Crippen LogP contribution is 2.50. The molecule has 2 aliphatic heterocycles. The summed E-state index contributed by atoms with van der Waals surface area (Å²) in [5, 5.41) is 12.7. The molecule has 58 heavy (non-hydrogen) atoms. The van der Waals surface area contributed by atoms with Crippen LogP contribution in [0.2, 0.25) is 0 Å². The molecule has 2 aliphatic rings. The second kappa shape index (κ2) is 12.5. The van der Waals surface area contributed by atoms with Gasteiger partial charge in [-0.2, -0.15) is 5.26 Å². The first-order valence-corrected chi connectivity index (χ1v) is 21.0. The van der Waals surface area contributed by atoms with Crippen LogP contribution in [-0.2, 0) is 21.7 Å². The average Bonchev–Trinajstić information content (AvgIpc) is 3.49. The molecule has 0 N–H and O–H groups in total. The smallest absolute Gasteiger partial charge is 0.333 e. The van der Waals surface area contributed by atoms with Crippen LogP contribution in [0.3, 0.4) is 0 Å². The molecule has 0 fully saturated rings. The van der Waals surface area contributed by atoms with Crippen molar-refractivity contribution >= 4 is 56.6 Å². The lowest BCUT2D eigenvalue weighted by atomic mass is 9.44. The van der Waals surface area contributed by atoms with Crippen molar-refractivity contribution in [3.63, 3.8) is 0 Å². The molecule has 290 valence electrons. The number of rotatable bonds is 2. The van der Waals surface area contributed by atoms with E-state index in [1.165, 1.54) is 83.1 Å². The van der Waals surface area contributed by atoms with E-state index in [9.17, 15) is 5.26 Å². The van der Waals surface area contributed by atoms with Gasteiger partial charge in [-0.05, 0) is 145 Å². The predicted molar refractivity (Wildman–Crippen MR) is 250 cm³/mol. The molecule has 0 amide bonds. The summed E-state index contributed by atoms with van der Waals surface area (Å²) < 4.78 is 2.70. The minimum absolute atomic E-state index is 0.00886. The topological polar surface area (TPSA) is 32.0 Å². The molecule has 7 aromatic rings. The SMILES string of the molecule is Cc1c(-c2cccc(C#N)c2)cc2c3c1-c1cc(C(C)(C)C)cc4c5cc(C(C)(C)C)ccc5n(c14)B3c1cc(C(C)(C)C)ccc1N2c1ccc(C(C)(C)C)cc1. The van der Waals surface area contributed by atoms with Crippen LogP contribution in [0.25, 0.3) is 44.1 Å². The van der Waals surface area contributed by atoms with Gasteiger partial charge in [-0.25, -0.2) is 0 Å². The molecule has 3 nitrogen and oxygen atoms in total. The third kappa shape index (κ3) is 5.76. The van der Waals surface area contributed by atoms with E-state index in [0.29, 0.717) is 5.56 Å². The highest BCUT2D eigenvalue weighted by atomic mass is 15.2. The Bertz CT molecular complexity index is 2890. The van der Waals surface area contributed by atoms with Gasteiger partial charge in [0, 0.05) is 44.4 Å². The number of aromatic nitrogens is 1. The fraction of sp³-hybridized carbons (Fsp3) is 0.315. The van der Waals surface area contributed by atoms with E-state index in [4.69, 9.17) is 0 Å². The Hall–Kier alpha value is -5.53. The van der Waals surface area contributed by atoms with Gasteiger partial charge in [0.25, 0.3) is 0 Å². The minimum atomic E-state index is -0.0701. The van der Waals surface area contributed by atoms with Gasteiger partial charge < -0.3 is 9.38 Å². The number of anilines is 3. The maximum absolute atomic E-state index is 10.1. The third-order valence-electron chi connectivity index (χ3n) is 13.0. The molecule has 0 atom stereocenters. The molecule has 3 heterocycles. The van der Waals surface area contributed by atoms with E-state index >= 15 is 0 Å². The van der Waals surface area contributed by atoms with Gasteiger partial charge in [-0.1, -0.05) is 126 Å². The average molecular weight is 758 g/mol. The van der Waals surface area contributed by atoms with Crippen LogP contribution in [-0.4, -0.2) is 11.3 Å². The van der Waals surface area contributed by atoms with E-state index < -0.39 is 0 Å². The lowest BCUT2D eigenvalue weighted by molar-refractivity contribution is 0.590. The molecule has 6 aromatic carbocycles. The van der Waals surface area contributed by atoms with E-state index in [1.54, 1.807) is 0 Å². The predicted octanol–water partition coefficient (Wildman–Crippen LogP) is 13.2. The van der Waals surface area contributed by atoms with Crippen LogP contribution >= 0.6 is 0 Å². The summed E-state index contributed by atoms with van der Waals surface area (Å²) in [6, 6.07) is 41.7. The molecule has 0 saturated heterocycles. The molecular formula is C54H56BN3. The summed E-state index contributed by atoms with van der Waals surface area (Å²) in [7, 11) is 0. The van der Waals surface area contributed by atoms with Gasteiger partial charge in [0.15, 0.2) is 0 Å². The first-order valence-electron chi connectivity index (χ1n) is 21.0. The first kappa shape index (κ1) is 38.0. The van der Waals surface area contributed by atoms with E-state index in [2.05, 4.69) is 196 Å². The van der Waals surface area contributed by atoms with Crippen LogP contribution in [0.5, 0.6) is 0 Å². The second-order valence-electron chi connectivity index (χ2n) is 21.1. The zero-order valence-electron chi connectivity index (χ0n) is 36.7. The van der Waals surface area contributed by atoms with Crippen molar-refractivity contribution in [2.45, 2.75) is 112 Å². The maximum Gasteiger partial charge on any atom is 0.333 e. The number of fused-ring (bicyclic) bond motifs is 7. The lowest BCUT2D eigenvalue weighted by Gasteiger charge is -2.42. The Labute approximate surface area is 346 Å². The monoisotopic (exact) mass is 757 g/mol. The largest absolute Gasteiger partial charge is 0.375 e. The van der Waals surface area contributed by atoms with Crippen molar-refractivity contribution in [1.82, 2.24) is 4.48 Å². The maximum atomic E-state index is 10.1. The van der Waals surface area contributed by atoms with Gasteiger partial charge in [-0.3, -0.25) is 0 Å². The number of benzene rings is 6. The molecule has 1 aromatic heterocycles. The van der Waals surface area contributed by atoms with Crippen molar-refractivity contribution in [1.29, 1.82) is 5.26 Å². The number of hydrogen-bond acceptors (Lipinski definition) is 2. The highest BCUT2D eigenvalue weighted by Gasteiger charge is 2.45. The molecule has 0 aliphatic carbocycles. The van der Waals surface area contributed by atoms with Crippen LogP contribution in [0.15, 0.2) is 103 Å². The van der Waals surface area contributed by atoms with Gasteiger partial charge in [0.2, 0.25) is 0 Å². The summed E-state index contributed by atoms with van der Waals surface area (Å²) >= 11 is 0. The summed E-state index contributed by atoms with van der Waals surface area (Å²) in [6.07, 6.45) is 0. The molecular weight excluding hydrogens is 701 g/mol. The summed E-state index contributed by atoms with van der Waals surface area (Å²) in [6.45, 7) is 30.1. The normalized spacial score (nSPS) is 13.9. The van der Waals surface area contributed by atoms with Crippen molar-refractivity contribution in [3.8, 4) is 28.3 Å². The molecule has 0 spiro atoms. The number of nitrogens with zero attached hydrogens (tertiary/aromatic N) is 3. The number of nitriles is 1. The molecule has 9 rings (SSSR count). The van der Waals surface area contributed by atoms with E-state index in [1.807, 2.05) is 12.1 Å². The van der Waals surface area contributed by atoms with Crippen LogP contribution in [0.4, 0.5) is 17.1 Å². The molecule has 0 unspecified atom stereocenters. The Morgan fingerprint density at radius 1 is 0.552 bits per heavy atom. The highest BCUT2D eigenvalue weighted by molar-refractivity contribution is 6.90. The number of hydrogen-bond donors (Lipinski definition) is 0. The lowest BCUT2D eigenvalue weighted by Crippen LogP contribution is -2.57. The quantitative estimate of drug-likeness (QED) is 0.165. The van der Waals surface area contributed by atoms with Crippen LogP contribution in [0, 0.1) is 18.3 Å². The fourth-order valence-corrected chi connectivity index (χ4v) is 9.58. The Morgan fingerprint density at radius 2 is 1.16 bits per heavy atom. The van der Waals surface area contributed by atoms with Crippen molar-refractivity contribution < 1.29 is 0 Å². The first-order chi connectivity index (χ1) is 27.2. The van der Waals surface area contributed by atoms with Crippen molar-refractivity contribution in [2.24, 2.45) is 0 Å². The molecule has 4 heteroatoms. The summed E-state index contributed by atoms with van der Waals surface area (Å²) in [5.74, 6) is 0. The fourth-order valence-electron chi connectivity index (χ4n) is 9.58. The zero-order chi connectivity index (χ0) is 41.4. The Morgan fingerprint density at radius 3 is 1.79 bits per heavy atom.